The Balaban J connectivity index is 1.66. The second-order valence-electron chi connectivity index (χ2n) is 7.66. The maximum Gasteiger partial charge on any atom is 0.412 e. The normalized spacial score (nSPS) is 23.8. The minimum absolute atomic E-state index is 0.0888. The molecule has 28 heavy (non-hydrogen) atoms. The molecule has 0 saturated carbocycles. The quantitative estimate of drug-likeness (QED) is 0.655. The number of benzene rings is 2. The van der Waals surface area contributed by atoms with Crippen LogP contribution in [0.2, 0.25) is 0 Å². The summed E-state index contributed by atoms with van der Waals surface area (Å²) in [4.78, 5) is 16.2. The van der Waals surface area contributed by atoms with Crippen LogP contribution in [-0.4, -0.2) is 41.8 Å². The van der Waals surface area contributed by atoms with Crippen LogP contribution in [0, 0.1) is 11.7 Å². The van der Waals surface area contributed by atoms with Crippen molar-refractivity contribution in [3.8, 4) is 11.1 Å². The van der Waals surface area contributed by atoms with Crippen LogP contribution in [0.4, 0.5) is 14.9 Å². The predicted molar refractivity (Wildman–Crippen MR) is 111 cm³/mol. The molecule has 3 fully saturated rings. The highest BCUT2D eigenvalue weighted by molar-refractivity contribution is 7.17. The van der Waals surface area contributed by atoms with E-state index in [0.29, 0.717) is 17.2 Å². The molecule has 4 heterocycles. The zero-order chi connectivity index (χ0) is 19.3. The van der Waals surface area contributed by atoms with Crippen LogP contribution in [0.25, 0.3) is 21.2 Å². The van der Waals surface area contributed by atoms with Crippen LogP contribution in [-0.2, 0) is 0 Å². The van der Waals surface area contributed by atoms with Gasteiger partial charge in [0.05, 0.1) is 11.7 Å². The summed E-state index contributed by atoms with van der Waals surface area (Å²) >= 11 is 1.59. The SMILES string of the molecule is O=C(O)N(c1ccc(F)cc1-c1csc2ccccc12)[C@H]1CN2CCC1CC2. The van der Waals surface area contributed by atoms with Gasteiger partial charge in [0.1, 0.15) is 5.82 Å². The van der Waals surface area contributed by atoms with Crippen molar-refractivity contribution in [1.29, 1.82) is 0 Å². The van der Waals surface area contributed by atoms with E-state index in [2.05, 4.69) is 4.90 Å². The molecule has 2 aromatic carbocycles. The van der Waals surface area contributed by atoms with Gasteiger partial charge < -0.3 is 10.0 Å². The number of anilines is 1. The van der Waals surface area contributed by atoms with Gasteiger partial charge in [0, 0.05) is 27.8 Å². The minimum Gasteiger partial charge on any atom is -0.465 e. The van der Waals surface area contributed by atoms with E-state index in [1.54, 1.807) is 17.4 Å². The van der Waals surface area contributed by atoms with Crippen molar-refractivity contribution >= 4 is 33.2 Å². The van der Waals surface area contributed by atoms with Gasteiger partial charge in [-0.25, -0.2) is 9.18 Å². The molecule has 3 aliphatic heterocycles. The Morgan fingerprint density at radius 3 is 2.64 bits per heavy atom. The second-order valence-corrected chi connectivity index (χ2v) is 8.58. The predicted octanol–water partition coefficient (Wildman–Crippen LogP) is 5.29. The molecule has 1 aromatic heterocycles. The van der Waals surface area contributed by atoms with Gasteiger partial charge in [-0.3, -0.25) is 4.90 Å². The van der Waals surface area contributed by atoms with Gasteiger partial charge in [-0.15, -0.1) is 11.3 Å². The molecule has 3 aliphatic rings. The maximum absolute atomic E-state index is 14.2. The van der Waals surface area contributed by atoms with Crippen LogP contribution in [0.3, 0.4) is 0 Å². The molecule has 3 saturated heterocycles. The Morgan fingerprint density at radius 2 is 1.93 bits per heavy atom. The van der Waals surface area contributed by atoms with Crippen LogP contribution in [0.5, 0.6) is 0 Å². The zero-order valence-corrected chi connectivity index (χ0v) is 16.2. The summed E-state index contributed by atoms with van der Waals surface area (Å²) in [6.07, 6.45) is 1.07. The summed E-state index contributed by atoms with van der Waals surface area (Å²) in [5, 5.41) is 13.2. The number of hydrogen-bond acceptors (Lipinski definition) is 3. The minimum atomic E-state index is -0.967. The molecule has 0 radical (unpaired) electrons. The number of fused-ring (bicyclic) bond motifs is 4. The number of carboxylic acid groups (broad SMARTS) is 1. The monoisotopic (exact) mass is 396 g/mol. The summed E-state index contributed by atoms with van der Waals surface area (Å²) in [7, 11) is 0. The van der Waals surface area contributed by atoms with Crippen molar-refractivity contribution < 1.29 is 14.3 Å². The smallest absolute Gasteiger partial charge is 0.412 e. The lowest BCUT2D eigenvalue weighted by Gasteiger charge is -2.48. The average molecular weight is 396 g/mol. The van der Waals surface area contributed by atoms with Gasteiger partial charge in [-0.1, -0.05) is 18.2 Å². The molecule has 144 valence electrons. The van der Waals surface area contributed by atoms with E-state index < -0.39 is 6.09 Å². The zero-order valence-electron chi connectivity index (χ0n) is 15.3. The molecule has 0 unspecified atom stereocenters. The molecular weight excluding hydrogens is 375 g/mol. The summed E-state index contributed by atoms with van der Waals surface area (Å²) in [6.45, 7) is 2.83. The number of carbonyl (C=O) groups is 1. The third-order valence-corrected chi connectivity index (χ3v) is 7.11. The number of piperidine rings is 3. The van der Waals surface area contributed by atoms with Gasteiger partial charge in [-0.2, -0.15) is 0 Å². The Bertz CT molecular complexity index is 1040. The molecule has 1 amide bonds. The highest BCUT2D eigenvalue weighted by Crippen LogP contribution is 2.42. The number of amides is 1. The first kappa shape index (κ1) is 17.6. The summed E-state index contributed by atoms with van der Waals surface area (Å²) < 4.78 is 15.3. The number of hydrogen-bond donors (Lipinski definition) is 1. The van der Waals surface area contributed by atoms with E-state index >= 15 is 0 Å². The molecule has 6 rings (SSSR count). The number of halogens is 1. The van der Waals surface area contributed by atoms with Gasteiger partial charge in [-0.05, 0) is 61.5 Å². The lowest BCUT2D eigenvalue weighted by molar-refractivity contribution is 0.0837. The van der Waals surface area contributed by atoms with Crippen molar-refractivity contribution in [3.63, 3.8) is 0 Å². The highest BCUT2D eigenvalue weighted by atomic mass is 32.1. The molecule has 1 N–H and O–H groups in total. The van der Waals surface area contributed by atoms with E-state index in [1.165, 1.54) is 17.0 Å². The first-order valence-corrected chi connectivity index (χ1v) is 10.5. The van der Waals surface area contributed by atoms with Gasteiger partial charge in [0.15, 0.2) is 0 Å². The van der Waals surface area contributed by atoms with E-state index in [0.717, 1.165) is 48.1 Å². The van der Waals surface area contributed by atoms with Gasteiger partial charge >= 0.3 is 6.09 Å². The summed E-state index contributed by atoms with van der Waals surface area (Å²) in [5.41, 5.74) is 2.12. The lowest BCUT2D eigenvalue weighted by Crippen LogP contribution is -2.58. The Labute approximate surface area is 166 Å². The third-order valence-electron chi connectivity index (χ3n) is 6.15. The number of nitrogens with zero attached hydrogens (tertiary/aromatic N) is 2. The molecule has 4 nitrogen and oxygen atoms in total. The lowest BCUT2D eigenvalue weighted by atomic mass is 9.82. The molecule has 1 atom stereocenters. The molecule has 0 spiro atoms. The largest absolute Gasteiger partial charge is 0.465 e. The van der Waals surface area contributed by atoms with Crippen LogP contribution >= 0.6 is 11.3 Å². The second kappa shape index (κ2) is 6.87. The van der Waals surface area contributed by atoms with E-state index in [9.17, 15) is 14.3 Å². The first-order valence-electron chi connectivity index (χ1n) is 9.62. The molecule has 3 aromatic rings. The average Bonchev–Trinajstić information content (AvgIpc) is 3.14. The maximum atomic E-state index is 14.2. The van der Waals surface area contributed by atoms with Crippen LogP contribution in [0.1, 0.15) is 12.8 Å². The number of rotatable bonds is 3. The Morgan fingerprint density at radius 1 is 1.14 bits per heavy atom. The fourth-order valence-corrected chi connectivity index (χ4v) is 5.73. The third kappa shape index (κ3) is 2.88. The molecule has 2 bridgehead atoms. The van der Waals surface area contributed by atoms with E-state index in [1.807, 2.05) is 29.6 Å². The van der Waals surface area contributed by atoms with Crippen molar-refractivity contribution in [2.75, 3.05) is 24.5 Å². The summed E-state index contributed by atoms with van der Waals surface area (Å²) in [6, 6.07) is 12.4. The van der Waals surface area contributed by atoms with E-state index in [4.69, 9.17) is 0 Å². The van der Waals surface area contributed by atoms with Gasteiger partial charge in [0.25, 0.3) is 0 Å². The van der Waals surface area contributed by atoms with E-state index in [-0.39, 0.29) is 11.9 Å². The first-order chi connectivity index (χ1) is 13.6. The van der Waals surface area contributed by atoms with Crippen molar-refractivity contribution in [1.82, 2.24) is 4.90 Å². The number of thiophene rings is 1. The van der Waals surface area contributed by atoms with Gasteiger partial charge in [0.2, 0.25) is 0 Å². The van der Waals surface area contributed by atoms with Crippen molar-refractivity contribution in [2.45, 2.75) is 18.9 Å². The Hall–Kier alpha value is -2.44. The molecular formula is C22H21FN2O2S. The van der Waals surface area contributed by atoms with Crippen molar-refractivity contribution in [3.05, 3.63) is 53.7 Å². The Kier molecular flexibility index (Phi) is 4.33. The summed E-state index contributed by atoms with van der Waals surface area (Å²) in [5.74, 6) is 0.00602. The highest BCUT2D eigenvalue weighted by Gasteiger charge is 2.40. The molecule has 6 heteroatoms. The van der Waals surface area contributed by atoms with Crippen molar-refractivity contribution in [2.24, 2.45) is 5.92 Å². The topological polar surface area (TPSA) is 43.8 Å². The fraction of sp³-hybridized carbons (Fsp3) is 0.318. The fourth-order valence-electron chi connectivity index (χ4n) is 4.77. The standard InChI is InChI=1S/C22H21FN2O2S/c23-15-5-6-19(17(11-15)18-13-28-21-4-2-1-3-16(18)21)25(22(26)27)20-12-24-9-7-14(20)8-10-24/h1-6,11,13-14,20H,7-10,12H2,(H,26,27)/t20-/m0/s1. The van der Waals surface area contributed by atoms with Crippen LogP contribution in [0.15, 0.2) is 47.8 Å². The molecule has 0 aliphatic carbocycles. The van der Waals surface area contributed by atoms with Crippen LogP contribution < -0.4 is 4.90 Å².